The summed E-state index contributed by atoms with van der Waals surface area (Å²) in [6.07, 6.45) is 7.06. The van der Waals surface area contributed by atoms with Gasteiger partial charge < -0.3 is 9.64 Å². The summed E-state index contributed by atoms with van der Waals surface area (Å²) in [7, 11) is -3.49. The standard InChI is InChI=1S/C28H35ClN4O4S/c1-2-3-4-5-9-20-37-27-26(21-30-33(28(27)34)25-10-7-6-8-11-25)31-16-18-32(19-17-31)38(35,36)22-23-12-14-24(29)15-13-23/h6-8,10-15,21H,2-5,9,16-20,22H2,1H3. The highest BCUT2D eigenvalue weighted by Crippen LogP contribution is 2.27. The number of sulfonamides is 1. The van der Waals surface area contributed by atoms with Crippen molar-refractivity contribution in [3.63, 3.8) is 0 Å². The third kappa shape index (κ3) is 7.15. The minimum Gasteiger partial charge on any atom is -0.486 e. The molecule has 0 atom stereocenters. The zero-order valence-electron chi connectivity index (χ0n) is 21.8. The Balaban J connectivity index is 1.49. The van der Waals surface area contributed by atoms with Crippen LogP contribution in [0.2, 0.25) is 5.02 Å². The molecule has 2 heterocycles. The highest BCUT2D eigenvalue weighted by atomic mass is 35.5. The maximum absolute atomic E-state index is 13.5. The average molecular weight is 559 g/mol. The largest absolute Gasteiger partial charge is 0.486 e. The molecule has 1 fully saturated rings. The number of ether oxygens (including phenoxy) is 1. The molecular weight excluding hydrogens is 524 g/mol. The molecule has 204 valence electrons. The predicted molar refractivity (Wildman–Crippen MR) is 152 cm³/mol. The summed E-state index contributed by atoms with van der Waals surface area (Å²) in [4.78, 5) is 15.5. The molecule has 0 spiro atoms. The van der Waals surface area contributed by atoms with Crippen LogP contribution in [0, 0.1) is 0 Å². The first-order valence-electron chi connectivity index (χ1n) is 13.2. The number of aromatic nitrogens is 2. The van der Waals surface area contributed by atoms with Gasteiger partial charge in [-0.2, -0.15) is 14.1 Å². The minimum absolute atomic E-state index is 0.0781. The lowest BCUT2D eigenvalue weighted by Gasteiger charge is -2.35. The molecule has 1 aliphatic heterocycles. The van der Waals surface area contributed by atoms with Crippen molar-refractivity contribution in [1.82, 2.24) is 14.1 Å². The van der Waals surface area contributed by atoms with Crippen molar-refractivity contribution < 1.29 is 13.2 Å². The SMILES string of the molecule is CCCCCCCOc1c(N2CCN(S(=O)(=O)Cc3ccc(Cl)cc3)CC2)cnn(-c2ccccc2)c1=O. The van der Waals surface area contributed by atoms with Crippen molar-refractivity contribution >= 4 is 27.3 Å². The van der Waals surface area contributed by atoms with Crippen LogP contribution in [0.4, 0.5) is 5.69 Å². The fourth-order valence-electron chi connectivity index (χ4n) is 4.51. The van der Waals surface area contributed by atoms with Crippen LogP contribution in [0.25, 0.3) is 5.69 Å². The molecule has 0 bridgehead atoms. The predicted octanol–water partition coefficient (Wildman–Crippen LogP) is 4.89. The Kier molecular flexibility index (Phi) is 9.82. The Morgan fingerprint density at radius 3 is 2.29 bits per heavy atom. The van der Waals surface area contributed by atoms with Gasteiger partial charge in [0.2, 0.25) is 15.8 Å². The van der Waals surface area contributed by atoms with Crippen LogP contribution in [0.1, 0.15) is 44.6 Å². The van der Waals surface area contributed by atoms with E-state index in [-0.39, 0.29) is 17.1 Å². The highest BCUT2D eigenvalue weighted by Gasteiger charge is 2.29. The second kappa shape index (κ2) is 13.3. The van der Waals surface area contributed by atoms with Gasteiger partial charge in [-0.25, -0.2) is 8.42 Å². The Hall–Kier alpha value is -2.88. The molecule has 0 saturated carbocycles. The van der Waals surface area contributed by atoms with Crippen molar-refractivity contribution in [2.75, 3.05) is 37.7 Å². The number of hydrogen-bond acceptors (Lipinski definition) is 6. The zero-order valence-corrected chi connectivity index (χ0v) is 23.3. The van der Waals surface area contributed by atoms with Gasteiger partial charge in [-0.05, 0) is 36.2 Å². The van der Waals surface area contributed by atoms with Crippen LogP contribution in [-0.2, 0) is 15.8 Å². The number of para-hydroxylation sites is 1. The number of unbranched alkanes of at least 4 members (excludes halogenated alkanes) is 4. The summed E-state index contributed by atoms with van der Waals surface area (Å²) >= 11 is 5.93. The van der Waals surface area contributed by atoms with Gasteiger partial charge in [0.25, 0.3) is 0 Å². The number of piperazine rings is 1. The summed E-state index contributed by atoms with van der Waals surface area (Å²) in [5, 5.41) is 4.99. The van der Waals surface area contributed by atoms with E-state index in [4.69, 9.17) is 16.3 Å². The molecule has 2 aromatic carbocycles. The molecular formula is C28H35ClN4O4S. The number of halogens is 1. The summed E-state index contributed by atoms with van der Waals surface area (Å²) < 4.78 is 35.0. The van der Waals surface area contributed by atoms with Crippen molar-refractivity contribution in [3.8, 4) is 11.4 Å². The number of benzene rings is 2. The lowest BCUT2D eigenvalue weighted by Crippen LogP contribution is -2.49. The maximum Gasteiger partial charge on any atom is 0.316 e. The van der Waals surface area contributed by atoms with Gasteiger partial charge in [0.15, 0.2) is 0 Å². The first kappa shape index (κ1) is 28.1. The minimum atomic E-state index is -3.49. The topological polar surface area (TPSA) is 84.7 Å². The lowest BCUT2D eigenvalue weighted by atomic mass is 10.2. The molecule has 38 heavy (non-hydrogen) atoms. The van der Waals surface area contributed by atoms with E-state index in [1.54, 1.807) is 30.5 Å². The second-order valence-electron chi connectivity index (χ2n) is 9.44. The first-order chi connectivity index (χ1) is 18.4. The molecule has 0 unspecified atom stereocenters. The van der Waals surface area contributed by atoms with Gasteiger partial charge in [-0.1, -0.05) is 74.5 Å². The van der Waals surface area contributed by atoms with Crippen molar-refractivity contribution in [3.05, 3.63) is 81.7 Å². The second-order valence-corrected chi connectivity index (χ2v) is 11.8. The molecule has 3 aromatic rings. The van der Waals surface area contributed by atoms with E-state index in [0.717, 1.165) is 19.3 Å². The monoisotopic (exact) mass is 558 g/mol. The van der Waals surface area contributed by atoms with E-state index in [2.05, 4.69) is 12.0 Å². The van der Waals surface area contributed by atoms with Crippen LogP contribution in [0.3, 0.4) is 0 Å². The Labute approximate surface area is 229 Å². The zero-order chi connectivity index (χ0) is 27.0. The lowest BCUT2D eigenvalue weighted by molar-refractivity contribution is 0.297. The van der Waals surface area contributed by atoms with E-state index >= 15 is 0 Å². The molecule has 1 aliphatic rings. The van der Waals surface area contributed by atoms with E-state index in [1.807, 2.05) is 35.2 Å². The van der Waals surface area contributed by atoms with Crippen LogP contribution in [0.5, 0.6) is 5.75 Å². The van der Waals surface area contributed by atoms with Gasteiger partial charge in [0.05, 0.1) is 24.2 Å². The van der Waals surface area contributed by atoms with E-state index < -0.39 is 10.0 Å². The van der Waals surface area contributed by atoms with E-state index in [0.29, 0.717) is 54.7 Å². The van der Waals surface area contributed by atoms with Crippen molar-refractivity contribution in [2.24, 2.45) is 0 Å². The Morgan fingerprint density at radius 1 is 0.921 bits per heavy atom. The molecule has 1 saturated heterocycles. The number of nitrogens with zero attached hydrogens (tertiary/aromatic N) is 4. The molecule has 0 N–H and O–H groups in total. The van der Waals surface area contributed by atoms with Gasteiger partial charge in [-0.3, -0.25) is 4.79 Å². The summed E-state index contributed by atoms with van der Waals surface area (Å²) in [6.45, 7) is 4.11. The molecule has 0 amide bonds. The molecule has 0 radical (unpaired) electrons. The van der Waals surface area contributed by atoms with E-state index in [1.165, 1.54) is 21.8 Å². The fraction of sp³-hybridized carbons (Fsp3) is 0.429. The number of rotatable bonds is 12. The van der Waals surface area contributed by atoms with Gasteiger partial charge >= 0.3 is 5.56 Å². The van der Waals surface area contributed by atoms with Crippen molar-refractivity contribution in [2.45, 2.75) is 44.8 Å². The molecule has 8 nitrogen and oxygen atoms in total. The van der Waals surface area contributed by atoms with Gasteiger partial charge in [0, 0.05) is 31.2 Å². The first-order valence-corrected chi connectivity index (χ1v) is 15.2. The quantitative estimate of drug-likeness (QED) is 0.294. The van der Waals surface area contributed by atoms with Crippen LogP contribution in [0.15, 0.2) is 65.6 Å². The Morgan fingerprint density at radius 2 is 1.61 bits per heavy atom. The summed E-state index contributed by atoms with van der Waals surface area (Å²) in [5.74, 6) is 0.183. The molecule has 1 aromatic heterocycles. The third-order valence-corrected chi connectivity index (χ3v) is 8.75. The van der Waals surface area contributed by atoms with Crippen LogP contribution >= 0.6 is 11.6 Å². The third-order valence-electron chi connectivity index (χ3n) is 6.64. The van der Waals surface area contributed by atoms with Gasteiger partial charge in [-0.15, -0.1) is 0 Å². The molecule has 0 aliphatic carbocycles. The average Bonchev–Trinajstić information content (AvgIpc) is 2.93. The summed E-state index contributed by atoms with van der Waals surface area (Å²) in [6, 6.07) is 16.1. The smallest absolute Gasteiger partial charge is 0.316 e. The van der Waals surface area contributed by atoms with Crippen molar-refractivity contribution in [1.29, 1.82) is 0 Å². The maximum atomic E-state index is 13.5. The van der Waals surface area contributed by atoms with Crippen LogP contribution in [-0.4, -0.2) is 55.3 Å². The fourth-order valence-corrected chi connectivity index (χ4v) is 6.15. The van der Waals surface area contributed by atoms with Gasteiger partial charge in [0.1, 0.15) is 5.69 Å². The summed E-state index contributed by atoms with van der Waals surface area (Å²) in [5.41, 5.74) is 1.64. The number of hydrogen-bond donors (Lipinski definition) is 0. The Bertz CT molecular complexity index is 1340. The molecule has 10 heteroatoms. The van der Waals surface area contributed by atoms with Crippen LogP contribution < -0.4 is 15.2 Å². The highest BCUT2D eigenvalue weighted by molar-refractivity contribution is 7.88. The number of anilines is 1. The van der Waals surface area contributed by atoms with E-state index in [9.17, 15) is 13.2 Å². The normalized spacial score (nSPS) is 14.5. The molecule has 4 rings (SSSR count).